The molecular formula is C13H22N4O3. The van der Waals surface area contributed by atoms with Gasteiger partial charge < -0.3 is 14.7 Å². The van der Waals surface area contributed by atoms with Crippen molar-refractivity contribution in [3.63, 3.8) is 0 Å². The Morgan fingerprint density at radius 2 is 2.10 bits per heavy atom. The van der Waals surface area contributed by atoms with Crippen LogP contribution >= 0.6 is 0 Å². The van der Waals surface area contributed by atoms with E-state index < -0.39 is 0 Å². The molecule has 1 aliphatic rings. The zero-order valence-electron chi connectivity index (χ0n) is 12.2. The third-order valence-electron chi connectivity index (χ3n) is 3.40. The van der Waals surface area contributed by atoms with Crippen LogP contribution in [-0.4, -0.2) is 76.5 Å². The molecule has 1 saturated heterocycles. The van der Waals surface area contributed by atoms with Gasteiger partial charge in [-0.3, -0.25) is 14.4 Å². The van der Waals surface area contributed by atoms with E-state index in [0.717, 1.165) is 13.1 Å². The number of hydrogen-bond acceptors (Lipinski definition) is 5. The van der Waals surface area contributed by atoms with Crippen LogP contribution < -0.4 is 4.74 Å². The smallest absolute Gasteiger partial charge is 0.261 e. The predicted molar refractivity (Wildman–Crippen MR) is 73.8 cm³/mol. The van der Waals surface area contributed by atoms with Crippen LogP contribution in [0.3, 0.4) is 0 Å². The van der Waals surface area contributed by atoms with Crippen LogP contribution in [0.5, 0.6) is 5.88 Å². The summed E-state index contributed by atoms with van der Waals surface area (Å²) in [6.45, 7) is 5.29. The van der Waals surface area contributed by atoms with Gasteiger partial charge in [0.15, 0.2) is 0 Å². The minimum Gasteiger partial charge on any atom is -0.479 e. The third kappa shape index (κ3) is 3.29. The first kappa shape index (κ1) is 14.8. The second kappa shape index (κ2) is 6.23. The molecule has 1 aliphatic heterocycles. The van der Waals surface area contributed by atoms with Gasteiger partial charge in [-0.25, -0.2) is 0 Å². The lowest BCUT2D eigenvalue weighted by Crippen LogP contribution is -2.50. The molecule has 1 amide bonds. The monoisotopic (exact) mass is 282 g/mol. The number of carbonyl (C=O) groups excluding carboxylic acids is 1. The Morgan fingerprint density at radius 1 is 1.45 bits per heavy atom. The number of methoxy groups -OCH3 is 1. The lowest BCUT2D eigenvalue weighted by Gasteiger charge is -2.35. The van der Waals surface area contributed by atoms with Gasteiger partial charge in [-0.1, -0.05) is 0 Å². The summed E-state index contributed by atoms with van der Waals surface area (Å²) in [5.74, 6) is 0.315. The van der Waals surface area contributed by atoms with E-state index in [2.05, 4.69) is 10.00 Å². The second-order valence-corrected chi connectivity index (χ2v) is 5.17. The minimum atomic E-state index is -0.337. The molecule has 112 valence electrons. The number of aliphatic hydroxyl groups is 1. The van der Waals surface area contributed by atoms with Crippen LogP contribution in [-0.2, 0) is 7.05 Å². The van der Waals surface area contributed by atoms with Crippen molar-refractivity contribution < 1.29 is 14.6 Å². The molecule has 1 atom stereocenters. The van der Waals surface area contributed by atoms with Gasteiger partial charge >= 0.3 is 0 Å². The molecule has 2 heterocycles. The number of amides is 1. The Kier molecular flexibility index (Phi) is 4.61. The highest BCUT2D eigenvalue weighted by Crippen LogP contribution is 2.18. The first-order valence-corrected chi connectivity index (χ1v) is 6.78. The fourth-order valence-electron chi connectivity index (χ4n) is 2.44. The summed E-state index contributed by atoms with van der Waals surface area (Å²) in [7, 11) is 3.28. The van der Waals surface area contributed by atoms with Gasteiger partial charge in [0.1, 0.15) is 5.56 Å². The van der Waals surface area contributed by atoms with Crippen molar-refractivity contribution >= 4 is 5.91 Å². The van der Waals surface area contributed by atoms with Crippen LogP contribution in [0.4, 0.5) is 0 Å². The summed E-state index contributed by atoms with van der Waals surface area (Å²) in [5, 5.41) is 13.5. The summed E-state index contributed by atoms with van der Waals surface area (Å²) < 4.78 is 6.71. The molecule has 0 saturated carbocycles. The van der Waals surface area contributed by atoms with Gasteiger partial charge in [0, 0.05) is 46.0 Å². The molecule has 1 fully saturated rings. The number of nitrogens with zero attached hydrogens (tertiary/aromatic N) is 4. The molecule has 1 N–H and O–H groups in total. The number of ether oxygens (including phenoxy) is 1. The van der Waals surface area contributed by atoms with E-state index in [-0.39, 0.29) is 12.0 Å². The van der Waals surface area contributed by atoms with Crippen molar-refractivity contribution in [3.8, 4) is 5.88 Å². The zero-order chi connectivity index (χ0) is 14.7. The van der Waals surface area contributed by atoms with Crippen molar-refractivity contribution in [3.05, 3.63) is 11.8 Å². The highest BCUT2D eigenvalue weighted by atomic mass is 16.5. The zero-order valence-corrected chi connectivity index (χ0v) is 12.2. The van der Waals surface area contributed by atoms with Crippen LogP contribution in [0, 0.1) is 0 Å². The number of β-amino-alcohol motifs (C(OH)–C–C–N with tert-alkyl or cyclic N) is 1. The molecule has 0 aliphatic carbocycles. The van der Waals surface area contributed by atoms with E-state index in [1.807, 2.05) is 0 Å². The highest BCUT2D eigenvalue weighted by molar-refractivity contribution is 5.96. The molecule has 0 bridgehead atoms. The van der Waals surface area contributed by atoms with Gasteiger partial charge in [-0.2, -0.15) is 0 Å². The van der Waals surface area contributed by atoms with E-state index in [4.69, 9.17) is 4.74 Å². The van der Waals surface area contributed by atoms with E-state index in [0.29, 0.717) is 31.1 Å². The average molecular weight is 282 g/mol. The Labute approximate surface area is 118 Å². The average Bonchev–Trinajstić information content (AvgIpc) is 2.79. The maximum absolute atomic E-state index is 12.4. The molecule has 7 nitrogen and oxygen atoms in total. The molecule has 0 unspecified atom stereocenters. The van der Waals surface area contributed by atoms with Crippen molar-refractivity contribution in [2.45, 2.75) is 13.0 Å². The Balaban J connectivity index is 1.98. The maximum Gasteiger partial charge on any atom is 0.261 e. The molecular weight excluding hydrogens is 260 g/mol. The molecule has 0 radical (unpaired) electrons. The van der Waals surface area contributed by atoms with Gasteiger partial charge in [-0.05, 0) is 6.92 Å². The van der Waals surface area contributed by atoms with Crippen LogP contribution in [0.25, 0.3) is 0 Å². The lowest BCUT2D eigenvalue weighted by atomic mass is 10.2. The molecule has 1 aromatic rings. The van der Waals surface area contributed by atoms with Crippen molar-refractivity contribution in [2.75, 3.05) is 39.8 Å². The number of aryl methyl sites for hydroxylation is 1. The predicted octanol–water partition coefficient (Wildman–Crippen LogP) is -0.433. The standard InChI is InChI=1S/C13H22N4O3/c1-10(18)8-16-4-6-17(7-5-16)13(19)11-9-15(2)14-12(11)20-3/h9-10,18H,4-8H2,1-3H3/t10-/m1/s1. The Morgan fingerprint density at radius 3 is 2.65 bits per heavy atom. The van der Waals surface area contributed by atoms with Gasteiger partial charge in [-0.15, -0.1) is 5.10 Å². The molecule has 7 heteroatoms. The molecule has 2 rings (SSSR count). The highest BCUT2D eigenvalue weighted by Gasteiger charge is 2.26. The molecule has 0 spiro atoms. The molecule has 20 heavy (non-hydrogen) atoms. The van der Waals surface area contributed by atoms with Crippen molar-refractivity contribution in [1.29, 1.82) is 0 Å². The van der Waals surface area contributed by atoms with Crippen LogP contribution in [0.1, 0.15) is 17.3 Å². The van der Waals surface area contributed by atoms with E-state index in [1.165, 1.54) is 7.11 Å². The number of aromatic nitrogens is 2. The minimum absolute atomic E-state index is 0.0494. The quantitative estimate of drug-likeness (QED) is 0.811. The first-order chi connectivity index (χ1) is 9.51. The number of rotatable bonds is 4. The SMILES string of the molecule is COc1nn(C)cc1C(=O)N1CCN(C[C@@H](C)O)CC1. The topological polar surface area (TPSA) is 70.8 Å². The summed E-state index contributed by atoms with van der Waals surface area (Å²) in [4.78, 5) is 16.4. The van der Waals surface area contributed by atoms with E-state index in [1.54, 1.807) is 29.7 Å². The van der Waals surface area contributed by atoms with Crippen LogP contribution in [0.15, 0.2) is 6.20 Å². The van der Waals surface area contributed by atoms with Crippen LogP contribution in [0.2, 0.25) is 0 Å². The van der Waals surface area contributed by atoms with E-state index in [9.17, 15) is 9.90 Å². The van der Waals surface area contributed by atoms with Crippen molar-refractivity contribution in [2.24, 2.45) is 7.05 Å². The third-order valence-corrected chi connectivity index (χ3v) is 3.40. The Hall–Kier alpha value is -1.60. The number of carbonyl (C=O) groups is 1. The molecule has 0 aromatic carbocycles. The Bertz CT molecular complexity index is 464. The fraction of sp³-hybridized carbons (Fsp3) is 0.692. The number of hydrogen-bond donors (Lipinski definition) is 1. The molecule has 1 aromatic heterocycles. The maximum atomic E-state index is 12.4. The summed E-state index contributed by atoms with van der Waals surface area (Å²) in [6, 6.07) is 0. The van der Waals surface area contributed by atoms with E-state index >= 15 is 0 Å². The normalized spacial score (nSPS) is 18.1. The number of aliphatic hydroxyl groups excluding tert-OH is 1. The second-order valence-electron chi connectivity index (χ2n) is 5.17. The largest absolute Gasteiger partial charge is 0.479 e. The number of piperazine rings is 1. The van der Waals surface area contributed by atoms with Gasteiger partial charge in [0.25, 0.3) is 5.91 Å². The lowest BCUT2D eigenvalue weighted by molar-refractivity contribution is 0.0551. The fourth-order valence-corrected chi connectivity index (χ4v) is 2.44. The summed E-state index contributed by atoms with van der Waals surface area (Å²) in [5.41, 5.74) is 0.499. The van der Waals surface area contributed by atoms with Gasteiger partial charge in [0.2, 0.25) is 5.88 Å². The van der Waals surface area contributed by atoms with Crippen molar-refractivity contribution in [1.82, 2.24) is 19.6 Å². The first-order valence-electron chi connectivity index (χ1n) is 6.78. The van der Waals surface area contributed by atoms with Gasteiger partial charge in [0.05, 0.1) is 13.2 Å². The summed E-state index contributed by atoms with van der Waals surface area (Å²) >= 11 is 0. The summed E-state index contributed by atoms with van der Waals surface area (Å²) in [6.07, 6.45) is 1.35.